The lowest BCUT2D eigenvalue weighted by atomic mass is 10.1. The Morgan fingerprint density at radius 3 is 2.21 bits per heavy atom. The molecule has 1 N–H and O–H groups in total. The highest BCUT2D eigenvalue weighted by atomic mass is 35.5. The molecule has 5 nitrogen and oxygen atoms in total. The van der Waals surface area contributed by atoms with Crippen LogP contribution >= 0.6 is 23.8 Å². The van der Waals surface area contributed by atoms with E-state index in [2.05, 4.69) is 10.1 Å². The van der Waals surface area contributed by atoms with Crippen LogP contribution in [0.5, 0.6) is 5.75 Å². The van der Waals surface area contributed by atoms with Gasteiger partial charge in [0.05, 0.1) is 5.69 Å². The van der Waals surface area contributed by atoms with Crippen LogP contribution in [0.15, 0.2) is 54.1 Å². The zero-order valence-electron chi connectivity index (χ0n) is 13.8. The van der Waals surface area contributed by atoms with Gasteiger partial charge in [-0.2, -0.15) is 0 Å². The first-order chi connectivity index (χ1) is 13.1. The Hall–Kier alpha value is -2.91. The van der Waals surface area contributed by atoms with E-state index in [1.807, 2.05) is 0 Å². The average molecular weight is 427 g/mol. The lowest BCUT2D eigenvalue weighted by Crippen LogP contribution is -2.54. The SMILES string of the molecule is O=C1NC(=S)N(c2ccc(Cl)cc2)C(=O)C1=Cc1ccc(OC(F)(F)F)cc1. The van der Waals surface area contributed by atoms with Gasteiger partial charge < -0.3 is 4.74 Å². The van der Waals surface area contributed by atoms with Gasteiger partial charge in [-0.05, 0) is 60.3 Å². The van der Waals surface area contributed by atoms with Crippen LogP contribution in [0.4, 0.5) is 18.9 Å². The number of hydrogen-bond donors (Lipinski definition) is 1. The highest BCUT2D eigenvalue weighted by Gasteiger charge is 2.34. The first-order valence-electron chi connectivity index (χ1n) is 7.67. The second-order valence-electron chi connectivity index (χ2n) is 5.55. The second-order valence-corrected chi connectivity index (χ2v) is 6.37. The lowest BCUT2D eigenvalue weighted by molar-refractivity contribution is -0.274. The maximum atomic E-state index is 12.8. The zero-order chi connectivity index (χ0) is 20.5. The van der Waals surface area contributed by atoms with Crippen LogP contribution < -0.4 is 15.0 Å². The molecule has 0 atom stereocenters. The van der Waals surface area contributed by atoms with Gasteiger partial charge in [0, 0.05) is 5.02 Å². The Labute approximate surface area is 167 Å². The van der Waals surface area contributed by atoms with Gasteiger partial charge in [0.25, 0.3) is 11.8 Å². The van der Waals surface area contributed by atoms with Gasteiger partial charge in [-0.25, -0.2) is 0 Å². The van der Waals surface area contributed by atoms with Crippen molar-refractivity contribution in [1.82, 2.24) is 5.32 Å². The first-order valence-corrected chi connectivity index (χ1v) is 8.45. The topological polar surface area (TPSA) is 58.6 Å². The number of carbonyl (C=O) groups excluding carboxylic acids is 2. The van der Waals surface area contributed by atoms with Crippen molar-refractivity contribution in [3.63, 3.8) is 0 Å². The molecule has 0 aliphatic carbocycles. The summed E-state index contributed by atoms with van der Waals surface area (Å²) in [6.45, 7) is 0. The average Bonchev–Trinajstić information content (AvgIpc) is 2.60. The van der Waals surface area contributed by atoms with E-state index in [1.165, 1.54) is 18.2 Å². The van der Waals surface area contributed by atoms with Crippen molar-refractivity contribution < 1.29 is 27.5 Å². The zero-order valence-corrected chi connectivity index (χ0v) is 15.4. The Balaban J connectivity index is 1.89. The monoisotopic (exact) mass is 426 g/mol. The normalized spacial score (nSPS) is 16.4. The van der Waals surface area contributed by atoms with Crippen LogP contribution in [-0.2, 0) is 9.59 Å². The van der Waals surface area contributed by atoms with Crippen LogP contribution in [0.25, 0.3) is 6.08 Å². The van der Waals surface area contributed by atoms with Crippen LogP contribution in [-0.4, -0.2) is 23.3 Å². The molecule has 2 aromatic carbocycles. The molecular formula is C18H10ClF3N2O3S. The van der Waals surface area contributed by atoms with E-state index in [0.29, 0.717) is 16.3 Å². The molecule has 2 amide bonds. The van der Waals surface area contributed by atoms with Crippen molar-refractivity contribution >= 4 is 52.5 Å². The fourth-order valence-electron chi connectivity index (χ4n) is 2.41. The number of carbonyl (C=O) groups is 2. The third-order valence-electron chi connectivity index (χ3n) is 3.61. The molecule has 0 unspecified atom stereocenters. The van der Waals surface area contributed by atoms with Crippen molar-refractivity contribution in [2.75, 3.05) is 4.90 Å². The van der Waals surface area contributed by atoms with E-state index >= 15 is 0 Å². The maximum absolute atomic E-state index is 12.8. The fraction of sp³-hybridized carbons (Fsp3) is 0.0556. The number of benzene rings is 2. The molecule has 2 aromatic rings. The van der Waals surface area contributed by atoms with Crippen molar-refractivity contribution in [2.24, 2.45) is 0 Å². The molecule has 0 bridgehead atoms. The number of rotatable bonds is 3. The minimum atomic E-state index is -4.81. The number of ether oxygens (including phenoxy) is 1. The van der Waals surface area contributed by atoms with Crippen LogP contribution in [0.3, 0.4) is 0 Å². The van der Waals surface area contributed by atoms with Gasteiger partial charge in [-0.15, -0.1) is 13.2 Å². The van der Waals surface area contributed by atoms with Gasteiger partial charge in [-0.1, -0.05) is 23.7 Å². The van der Waals surface area contributed by atoms with Crippen molar-refractivity contribution in [1.29, 1.82) is 0 Å². The molecule has 0 aromatic heterocycles. The molecule has 1 fully saturated rings. The molecule has 0 radical (unpaired) electrons. The maximum Gasteiger partial charge on any atom is 0.573 e. The van der Waals surface area contributed by atoms with E-state index in [4.69, 9.17) is 23.8 Å². The van der Waals surface area contributed by atoms with E-state index in [1.54, 1.807) is 24.3 Å². The number of nitrogens with one attached hydrogen (secondary N) is 1. The number of thiocarbonyl (C=S) groups is 1. The van der Waals surface area contributed by atoms with Crippen LogP contribution in [0.2, 0.25) is 5.02 Å². The number of nitrogens with zero attached hydrogens (tertiary/aromatic N) is 1. The molecule has 1 saturated heterocycles. The summed E-state index contributed by atoms with van der Waals surface area (Å²) >= 11 is 10.9. The lowest BCUT2D eigenvalue weighted by Gasteiger charge is -2.28. The minimum absolute atomic E-state index is 0.0941. The van der Waals surface area contributed by atoms with Crippen molar-refractivity contribution in [2.45, 2.75) is 6.36 Å². The Morgan fingerprint density at radius 2 is 1.64 bits per heavy atom. The summed E-state index contributed by atoms with van der Waals surface area (Å²) in [7, 11) is 0. The third kappa shape index (κ3) is 4.49. The molecule has 10 heteroatoms. The predicted octanol–water partition coefficient (Wildman–Crippen LogP) is 4.07. The minimum Gasteiger partial charge on any atom is -0.406 e. The molecule has 1 aliphatic rings. The summed E-state index contributed by atoms with van der Waals surface area (Å²) in [4.78, 5) is 26.1. The Bertz CT molecular complexity index is 973. The molecule has 1 aliphatic heterocycles. The summed E-state index contributed by atoms with van der Waals surface area (Å²) < 4.78 is 40.5. The smallest absolute Gasteiger partial charge is 0.406 e. The van der Waals surface area contributed by atoms with Gasteiger partial charge in [-0.3, -0.25) is 19.8 Å². The summed E-state index contributed by atoms with van der Waals surface area (Å²) in [5.41, 5.74) is 0.504. The quantitative estimate of drug-likeness (QED) is 0.456. The summed E-state index contributed by atoms with van der Waals surface area (Å²) in [5, 5.41) is 2.77. The first kappa shape index (κ1) is 19.8. The molecule has 0 saturated carbocycles. The van der Waals surface area contributed by atoms with Crippen molar-refractivity contribution in [3.8, 4) is 5.75 Å². The highest BCUT2D eigenvalue weighted by Crippen LogP contribution is 2.25. The third-order valence-corrected chi connectivity index (χ3v) is 4.15. The predicted molar refractivity (Wildman–Crippen MR) is 101 cm³/mol. The molecule has 0 spiro atoms. The molecule has 3 rings (SSSR count). The fourth-order valence-corrected chi connectivity index (χ4v) is 2.82. The summed E-state index contributed by atoms with van der Waals surface area (Å²) in [6.07, 6.45) is -3.56. The Morgan fingerprint density at radius 1 is 1.04 bits per heavy atom. The second kappa shape index (κ2) is 7.61. The number of anilines is 1. The van der Waals surface area contributed by atoms with E-state index < -0.39 is 23.9 Å². The van der Waals surface area contributed by atoms with Crippen LogP contribution in [0, 0.1) is 0 Å². The summed E-state index contributed by atoms with van der Waals surface area (Å²) in [6, 6.07) is 11.0. The van der Waals surface area contributed by atoms with E-state index in [-0.39, 0.29) is 10.7 Å². The van der Waals surface area contributed by atoms with Crippen LogP contribution in [0.1, 0.15) is 5.56 Å². The Kier molecular flexibility index (Phi) is 5.39. The highest BCUT2D eigenvalue weighted by molar-refractivity contribution is 7.80. The number of hydrogen-bond acceptors (Lipinski definition) is 4. The van der Waals surface area contributed by atoms with E-state index in [0.717, 1.165) is 17.0 Å². The molecular weight excluding hydrogens is 417 g/mol. The van der Waals surface area contributed by atoms with Gasteiger partial charge in [0.15, 0.2) is 5.11 Å². The summed E-state index contributed by atoms with van der Waals surface area (Å²) in [5.74, 6) is -1.81. The molecule has 1 heterocycles. The molecule has 28 heavy (non-hydrogen) atoms. The number of alkyl halides is 3. The number of amides is 2. The number of halogens is 4. The van der Waals surface area contributed by atoms with Gasteiger partial charge >= 0.3 is 6.36 Å². The molecule has 144 valence electrons. The van der Waals surface area contributed by atoms with E-state index in [9.17, 15) is 22.8 Å². The van der Waals surface area contributed by atoms with Gasteiger partial charge in [0.1, 0.15) is 11.3 Å². The largest absolute Gasteiger partial charge is 0.573 e. The van der Waals surface area contributed by atoms with Crippen molar-refractivity contribution in [3.05, 3.63) is 64.7 Å². The standard InChI is InChI=1S/C18H10ClF3N2O3S/c19-11-3-5-12(6-4-11)24-16(26)14(15(25)23-17(24)28)9-10-1-7-13(8-2-10)27-18(20,21)22/h1-9H,(H,23,25,28). The van der Waals surface area contributed by atoms with Gasteiger partial charge in [0.2, 0.25) is 0 Å².